The predicted molar refractivity (Wildman–Crippen MR) is 164 cm³/mol. The summed E-state index contributed by atoms with van der Waals surface area (Å²) in [5.74, 6) is 0. The number of hydrogen-bond donors (Lipinski definition) is 0. The Bertz CT molecular complexity index is 753. The summed E-state index contributed by atoms with van der Waals surface area (Å²) >= 11 is 0. The molecule has 0 N–H and O–H groups in total. The topological polar surface area (TPSA) is 12.4 Å². The maximum Gasteiger partial charge on any atom is 0.0425 e. The molecule has 2 rings (SSSR count). The standard InChI is InChI=1S/C23H44NP.C10H10.Ti/c1-4-7-10-15-20-25(21-16-11-8-5-2,22-17-12-9-6-3)24-23-18-13-14-19-23;1-2-3-7-10-8-5-4-6-9-10;/h13-14,18H,4-12,15-17,19-22H2,1-3H3;2-9H,1H2;. The molecule has 1 aromatic carbocycles. The fraction of sp³-hybridized carbons (Fsp3) is 0.576. The Balaban J connectivity index is 0.000000930. The van der Waals surface area contributed by atoms with Crippen LogP contribution in [0.1, 0.15) is 110 Å². The predicted octanol–water partition coefficient (Wildman–Crippen LogP) is 11.7. The third-order valence-corrected chi connectivity index (χ3v) is 10.7. The molecule has 0 atom stereocenters. The van der Waals surface area contributed by atoms with Gasteiger partial charge in [0.15, 0.2) is 0 Å². The summed E-state index contributed by atoms with van der Waals surface area (Å²) < 4.78 is 5.51. The minimum Gasteiger partial charge on any atom is -0.272 e. The van der Waals surface area contributed by atoms with E-state index in [1.54, 1.807) is 6.08 Å². The first-order valence-corrected chi connectivity index (χ1v) is 16.8. The molecule has 1 nitrogen and oxygen atoms in total. The number of benzene rings is 1. The van der Waals surface area contributed by atoms with E-state index in [1.165, 1.54) is 107 Å². The molecule has 36 heavy (non-hydrogen) atoms. The van der Waals surface area contributed by atoms with Crippen LogP contribution in [0.3, 0.4) is 0 Å². The quantitative estimate of drug-likeness (QED) is 0.0756. The Kier molecular flexibility index (Phi) is 23.9. The number of unbranched alkanes of at least 4 members (excludes halogenated alkanes) is 9. The van der Waals surface area contributed by atoms with Gasteiger partial charge in [0, 0.05) is 33.8 Å². The molecule has 0 aliphatic heterocycles. The molecule has 0 heterocycles. The van der Waals surface area contributed by atoms with E-state index in [9.17, 15) is 0 Å². The van der Waals surface area contributed by atoms with Gasteiger partial charge in [0.05, 0.1) is 0 Å². The van der Waals surface area contributed by atoms with Crippen molar-refractivity contribution in [1.82, 2.24) is 0 Å². The van der Waals surface area contributed by atoms with E-state index in [0.29, 0.717) is 0 Å². The SMILES string of the molecule is C=CC=Cc1ccccc1.CCCCCCP(CCCCCC)(CCCCCC)=NC1=CC=CC1.[Ti]. The van der Waals surface area contributed by atoms with Gasteiger partial charge in [-0.1, -0.05) is 146 Å². The molecule has 0 radical (unpaired) electrons. The van der Waals surface area contributed by atoms with Gasteiger partial charge in [0.25, 0.3) is 0 Å². The Morgan fingerprint density at radius 1 is 0.778 bits per heavy atom. The zero-order chi connectivity index (χ0) is 25.5. The normalized spacial score (nSPS) is 12.6. The molecule has 1 aliphatic carbocycles. The van der Waals surface area contributed by atoms with Crippen LogP contribution >= 0.6 is 7.05 Å². The molecule has 0 saturated carbocycles. The van der Waals surface area contributed by atoms with Gasteiger partial charge in [-0.15, -0.1) is 0 Å². The van der Waals surface area contributed by atoms with Crippen molar-refractivity contribution in [2.24, 2.45) is 4.74 Å². The summed E-state index contributed by atoms with van der Waals surface area (Å²) in [4.78, 5) is 0. The van der Waals surface area contributed by atoms with E-state index in [4.69, 9.17) is 4.74 Å². The summed E-state index contributed by atoms with van der Waals surface area (Å²) in [6, 6.07) is 10.1. The molecule has 0 bridgehead atoms. The summed E-state index contributed by atoms with van der Waals surface area (Å²) in [6.45, 7) is 10.5. The van der Waals surface area contributed by atoms with Crippen molar-refractivity contribution in [1.29, 1.82) is 0 Å². The van der Waals surface area contributed by atoms with E-state index in [2.05, 4.69) is 57.7 Å². The van der Waals surface area contributed by atoms with Gasteiger partial charge in [-0.2, -0.15) is 0 Å². The largest absolute Gasteiger partial charge is 0.272 e. The average molecular weight is 544 g/mol. The van der Waals surface area contributed by atoms with Crippen molar-refractivity contribution in [2.75, 3.05) is 18.5 Å². The molecule has 0 saturated heterocycles. The third kappa shape index (κ3) is 17.6. The van der Waals surface area contributed by atoms with Crippen LogP contribution in [0, 0.1) is 0 Å². The Morgan fingerprint density at radius 3 is 1.72 bits per heavy atom. The molecule has 0 fully saturated rings. The number of hydrogen-bond acceptors (Lipinski definition) is 1. The molecule has 200 valence electrons. The second-order valence-corrected chi connectivity index (χ2v) is 13.6. The Hall–Kier alpha value is -0.876. The fourth-order valence-electron chi connectivity index (χ4n) is 4.51. The molecule has 0 amide bonds. The second kappa shape index (κ2) is 24.5. The van der Waals surface area contributed by atoms with Gasteiger partial charge < -0.3 is 0 Å². The van der Waals surface area contributed by atoms with Crippen molar-refractivity contribution in [3.05, 3.63) is 78.6 Å². The molecule has 1 aromatic rings. The first-order valence-electron chi connectivity index (χ1n) is 14.5. The van der Waals surface area contributed by atoms with Crippen molar-refractivity contribution in [3.8, 4) is 0 Å². The summed E-state index contributed by atoms with van der Waals surface area (Å²) in [7, 11) is -1.15. The monoisotopic (exact) mass is 543 g/mol. The van der Waals surface area contributed by atoms with Gasteiger partial charge in [-0.25, -0.2) is 0 Å². The minimum atomic E-state index is -1.15. The first-order chi connectivity index (χ1) is 17.2. The van der Waals surface area contributed by atoms with Crippen LogP contribution in [-0.2, 0) is 21.7 Å². The zero-order valence-corrected chi connectivity index (χ0v) is 26.2. The maximum atomic E-state index is 5.51. The molecular formula is C33H54NPTi. The van der Waals surface area contributed by atoms with Crippen molar-refractivity contribution < 1.29 is 21.7 Å². The molecule has 0 spiro atoms. The van der Waals surface area contributed by atoms with Gasteiger partial charge >= 0.3 is 0 Å². The van der Waals surface area contributed by atoms with Gasteiger partial charge in [0.1, 0.15) is 0 Å². The van der Waals surface area contributed by atoms with Crippen LogP contribution in [0.4, 0.5) is 0 Å². The minimum absolute atomic E-state index is 0. The van der Waals surface area contributed by atoms with E-state index < -0.39 is 7.05 Å². The zero-order valence-electron chi connectivity index (χ0n) is 23.8. The fourth-order valence-corrected chi connectivity index (χ4v) is 8.61. The average Bonchev–Trinajstić information content (AvgIpc) is 3.40. The van der Waals surface area contributed by atoms with Crippen molar-refractivity contribution in [3.63, 3.8) is 0 Å². The summed E-state index contributed by atoms with van der Waals surface area (Å²) in [5, 5.41) is 0. The van der Waals surface area contributed by atoms with Crippen molar-refractivity contribution >= 4 is 13.1 Å². The van der Waals surface area contributed by atoms with E-state index >= 15 is 0 Å². The number of nitrogens with zero attached hydrogens (tertiary/aromatic N) is 1. The molecule has 3 heteroatoms. The van der Waals surface area contributed by atoms with Crippen LogP contribution in [0.2, 0.25) is 0 Å². The smallest absolute Gasteiger partial charge is 0.0425 e. The number of rotatable bonds is 18. The third-order valence-electron chi connectivity index (χ3n) is 6.60. The first kappa shape index (κ1) is 35.1. The van der Waals surface area contributed by atoms with Gasteiger partial charge in [-0.3, -0.25) is 4.74 Å². The van der Waals surface area contributed by atoms with Crippen LogP contribution in [0.15, 0.2) is 77.7 Å². The van der Waals surface area contributed by atoms with Gasteiger partial charge in [0.2, 0.25) is 0 Å². The Morgan fingerprint density at radius 2 is 1.31 bits per heavy atom. The Labute approximate surface area is 240 Å². The van der Waals surface area contributed by atoms with E-state index in [0.717, 1.165) is 6.42 Å². The van der Waals surface area contributed by atoms with E-state index in [-0.39, 0.29) is 21.7 Å². The van der Waals surface area contributed by atoms with Gasteiger partial charge in [-0.05, 0) is 56.4 Å². The summed E-state index contributed by atoms with van der Waals surface area (Å²) in [5.41, 5.74) is 2.59. The van der Waals surface area contributed by atoms with Crippen LogP contribution in [0.5, 0.6) is 0 Å². The van der Waals surface area contributed by atoms with E-state index in [1.807, 2.05) is 30.4 Å². The van der Waals surface area contributed by atoms with Crippen molar-refractivity contribution in [2.45, 2.75) is 104 Å². The second-order valence-electron chi connectivity index (χ2n) is 9.84. The van der Waals surface area contributed by atoms with Crippen LogP contribution in [0.25, 0.3) is 6.08 Å². The van der Waals surface area contributed by atoms with Crippen LogP contribution < -0.4 is 0 Å². The maximum absolute atomic E-state index is 5.51. The molecular weight excluding hydrogens is 489 g/mol. The molecule has 1 aliphatic rings. The number of allylic oxidation sites excluding steroid dienone is 5. The molecule has 0 unspecified atom stereocenters. The van der Waals surface area contributed by atoms with Crippen LogP contribution in [-0.4, -0.2) is 18.5 Å². The summed E-state index contributed by atoms with van der Waals surface area (Å²) in [6.07, 6.45) is 34.5. The molecule has 0 aromatic heterocycles.